The molecule has 1 rings (SSSR count). The van der Waals surface area contributed by atoms with E-state index in [1.807, 2.05) is 0 Å². The molecule has 1 fully saturated rings. The molecule has 0 aromatic rings. The van der Waals surface area contributed by atoms with E-state index in [-0.39, 0.29) is 6.54 Å². The molecule has 0 bridgehead atoms. The van der Waals surface area contributed by atoms with E-state index >= 15 is 0 Å². The van der Waals surface area contributed by atoms with Crippen LogP contribution < -0.4 is 5.32 Å². The monoisotopic (exact) mass is 274 g/mol. The molecule has 0 aromatic heterocycles. The minimum absolute atomic E-state index is 0.147. The fourth-order valence-corrected chi connectivity index (χ4v) is 3.83. The summed E-state index contributed by atoms with van der Waals surface area (Å²) in [6.45, 7) is 0.951. The van der Waals surface area contributed by atoms with Crippen molar-refractivity contribution in [1.29, 1.82) is 0 Å². The first-order chi connectivity index (χ1) is 7.77. The number of sulfonamides is 1. The summed E-state index contributed by atoms with van der Waals surface area (Å²) in [7, 11) is -3.83. The summed E-state index contributed by atoms with van der Waals surface area (Å²) >= 11 is 0. The van der Waals surface area contributed by atoms with E-state index in [2.05, 4.69) is 5.32 Å². The van der Waals surface area contributed by atoms with Crippen LogP contribution in [0.2, 0.25) is 0 Å². The molecule has 0 atom stereocenters. The Hall–Kier alpha value is -0.340. The van der Waals surface area contributed by atoms with Crippen LogP contribution in [-0.4, -0.2) is 50.3 Å². The lowest BCUT2D eigenvalue weighted by molar-refractivity contribution is -0.135. The summed E-state index contributed by atoms with van der Waals surface area (Å²) in [5, 5.41) is 2.30. The Bertz CT molecular complexity index is 337. The van der Waals surface area contributed by atoms with Gasteiger partial charge in [-0.1, -0.05) is 6.92 Å². The topological polar surface area (TPSA) is 49.4 Å². The largest absolute Gasteiger partial charge is 0.402 e. The van der Waals surface area contributed by atoms with Crippen molar-refractivity contribution in [2.24, 2.45) is 0 Å². The summed E-state index contributed by atoms with van der Waals surface area (Å²) in [5.74, 6) is 0. The maximum Gasteiger partial charge on any atom is 0.402 e. The van der Waals surface area contributed by atoms with Gasteiger partial charge >= 0.3 is 6.18 Å². The van der Waals surface area contributed by atoms with Crippen molar-refractivity contribution in [3.8, 4) is 0 Å². The first kappa shape index (κ1) is 14.7. The molecular formula is C9H17F3N2O2S. The second-order valence-electron chi connectivity index (χ2n) is 4.04. The Morgan fingerprint density at radius 1 is 1.29 bits per heavy atom. The van der Waals surface area contributed by atoms with Crippen LogP contribution in [0.1, 0.15) is 19.8 Å². The van der Waals surface area contributed by atoms with E-state index < -0.39 is 28.0 Å². The maximum absolute atomic E-state index is 12.3. The Balaban J connectivity index is 2.78. The zero-order valence-electron chi connectivity index (χ0n) is 9.63. The van der Waals surface area contributed by atoms with Gasteiger partial charge in [0.2, 0.25) is 10.0 Å². The van der Waals surface area contributed by atoms with Crippen LogP contribution in [0, 0.1) is 0 Å². The highest BCUT2D eigenvalue weighted by molar-refractivity contribution is 7.89. The molecule has 1 heterocycles. The molecule has 0 spiro atoms. The zero-order valence-corrected chi connectivity index (χ0v) is 10.4. The molecule has 0 aromatic carbocycles. The van der Waals surface area contributed by atoms with Gasteiger partial charge < -0.3 is 5.32 Å². The summed E-state index contributed by atoms with van der Waals surface area (Å²) in [5.41, 5.74) is 0. The van der Waals surface area contributed by atoms with Gasteiger partial charge in [0.15, 0.2) is 0 Å². The average molecular weight is 274 g/mol. The van der Waals surface area contributed by atoms with Crippen molar-refractivity contribution >= 4 is 10.0 Å². The van der Waals surface area contributed by atoms with Crippen molar-refractivity contribution in [3.05, 3.63) is 0 Å². The highest BCUT2D eigenvalue weighted by atomic mass is 32.2. The quantitative estimate of drug-likeness (QED) is 0.830. The lowest BCUT2D eigenvalue weighted by Crippen LogP contribution is -2.46. The molecule has 0 aliphatic carbocycles. The normalized spacial score (nSPS) is 19.8. The molecule has 8 heteroatoms. The van der Waals surface area contributed by atoms with E-state index in [1.54, 1.807) is 0 Å². The number of alkyl halides is 3. The zero-order chi connectivity index (χ0) is 13.1. The third kappa shape index (κ3) is 4.11. The van der Waals surface area contributed by atoms with E-state index in [4.69, 9.17) is 0 Å². The van der Waals surface area contributed by atoms with Crippen LogP contribution in [0.4, 0.5) is 13.2 Å². The smallest absolute Gasteiger partial charge is 0.317 e. The van der Waals surface area contributed by atoms with Crippen molar-refractivity contribution in [1.82, 2.24) is 9.62 Å². The van der Waals surface area contributed by atoms with E-state index in [1.165, 1.54) is 6.92 Å². The van der Waals surface area contributed by atoms with Gasteiger partial charge in [-0.15, -0.1) is 0 Å². The van der Waals surface area contributed by atoms with E-state index in [0.717, 1.165) is 0 Å². The van der Waals surface area contributed by atoms with Crippen molar-refractivity contribution in [3.63, 3.8) is 0 Å². The SMILES string of the molecule is CCN(CC(F)(F)F)S(=O)(=O)C1CCNCC1. The molecule has 1 N–H and O–H groups in total. The molecule has 4 nitrogen and oxygen atoms in total. The van der Waals surface area contributed by atoms with Gasteiger partial charge in [0.05, 0.1) is 5.25 Å². The molecule has 0 saturated carbocycles. The predicted octanol–water partition coefficient (Wildman–Crippen LogP) is 0.952. The maximum atomic E-state index is 12.3. The molecule has 102 valence electrons. The molecule has 1 aliphatic heterocycles. The highest BCUT2D eigenvalue weighted by Crippen LogP contribution is 2.23. The lowest BCUT2D eigenvalue weighted by atomic mass is 10.2. The van der Waals surface area contributed by atoms with Crippen molar-refractivity contribution < 1.29 is 21.6 Å². The third-order valence-corrected chi connectivity index (χ3v) is 5.20. The molecule has 0 amide bonds. The van der Waals surface area contributed by atoms with Gasteiger partial charge in [0.1, 0.15) is 6.54 Å². The number of nitrogens with one attached hydrogen (secondary N) is 1. The van der Waals surface area contributed by atoms with Crippen LogP contribution in [-0.2, 0) is 10.0 Å². The Kier molecular flexibility index (Phi) is 4.79. The van der Waals surface area contributed by atoms with Crippen molar-refractivity contribution in [2.45, 2.75) is 31.2 Å². The number of nitrogens with zero attached hydrogens (tertiary/aromatic N) is 1. The van der Waals surface area contributed by atoms with Gasteiger partial charge in [-0.05, 0) is 25.9 Å². The second-order valence-corrected chi connectivity index (χ2v) is 6.25. The fourth-order valence-electron chi connectivity index (χ4n) is 1.89. The van der Waals surface area contributed by atoms with Crippen molar-refractivity contribution in [2.75, 3.05) is 26.2 Å². The number of rotatable bonds is 4. The summed E-state index contributed by atoms with van der Waals surface area (Å²) in [6, 6.07) is 0. The van der Waals surface area contributed by atoms with Gasteiger partial charge in [0, 0.05) is 6.54 Å². The predicted molar refractivity (Wildman–Crippen MR) is 58.1 cm³/mol. The minimum atomic E-state index is -4.49. The van der Waals surface area contributed by atoms with E-state index in [9.17, 15) is 21.6 Å². The Labute approximate surface area is 99.2 Å². The standard InChI is InChI=1S/C9H17F3N2O2S/c1-2-14(7-9(10,11)12)17(15,16)8-3-5-13-6-4-8/h8,13H,2-7H2,1H3. The minimum Gasteiger partial charge on any atom is -0.317 e. The van der Waals surface area contributed by atoms with Gasteiger partial charge in [-0.25, -0.2) is 8.42 Å². The molecular weight excluding hydrogens is 257 g/mol. The van der Waals surface area contributed by atoms with Gasteiger partial charge in [-0.2, -0.15) is 17.5 Å². The Morgan fingerprint density at radius 2 is 1.82 bits per heavy atom. The van der Waals surface area contributed by atoms with Crippen LogP contribution in [0.15, 0.2) is 0 Å². The number of piperidine rings is 1. The van der Waals surface area contributed by atoms with Gasteiger partial charge in [-0.3, -0.25) is 0 Å². The summed E-state index contributed by atoms with van der Waals surface area (Å²) < 4.78 is 61.3. The highest BCUT2D eigenvalue weighted by Gasteiger charge is 2.39. The summed E-state index contributed by atoms with van der Waals surface area (Å²) in [6.07, 6.45) is -3.75. The van der Waals surface area contributed by atoms with Crippen LogP contribution >= 0.6 is 0 Å². The lowest BCUT2D eigenvalue weighted by Gasteiger charge is -2.29. The number of halogens is 3. The molecule has 0 unspecified atom stereocenters. The molecule has 17 heavy (non-hydrogen) atoms. The summed E-state index contributed by atoms with van der Waals surface area (Å²) in [4.78, 5) is 0. The van der Waals surface area contributed by atoms with Gasteiger partial charge in [0.25, 0.3) is 0 Å². The number of hydrogen-bond acceptors (Lipinski definition) is 3. The van der Waals surface area contributed by atoms with Crippen LogP contribution in [0.3, 0.4) is 0 Å². The molecule has 1 aliphatic rings. The molecule has 1 saturated heterocycles. The number of hydrogen-bond donors (Lipinski definition) is 1. The molecule has 0 radical (unpaired) electrons. The Morgan fingerprint density at radius 3 is 2.24 bits per heavy atom. The second kappa shape index (κ2) is 5.53. The first-order valence-corrected chi connectivity index (χ1v) is 7.04. The average Bonchev–Trinajstić information content (AvgIpc) is 2.25. The third-order valence-electron chi connectivity index (χ3n) is 2.78. The van der Waals surface area contributed by atoms with Crippen LogP contribution in [0.25, 0.3) is 0 Å². The fraction of sp³-hybridized carbons (Fsp3) is 1.00. The van der Waals surface area contributed by atoms with E-state index in [0.29, 0.717) is 30.2 Å². The van der Waals surface area contributed by atoms with Crippen LogP contribution in [0.5, 0.6) is 0 Å². The first-order valence-electron chi connectivity index (χ1n) is 5.54.